The summed E-state index contributed by atoms with van der Waals surface area (Å²) in [6, 6.07) is 4.88. The van der Waals surface area contributed by atoms with Gasteiger partial charge in [-0.1, -0.05) is 6.07 Å². The third kappa shape index (κ3) is 2.65. The maximum Gasteiger partial charge on any atom is 0.313 e. The molecule has 1 saturated carbocycles. The van der Waals surface area contributed by atoms with E-state index >= 15 is 0 Å². The standard InChI is InChI=1S/C14H15BrO5/c1-2-20-13(19)14(7-9(14)12(17)18)6-8-3-4-11(16)10(15)5-8/h3-5,9,16H,2,6-7H2,1H3,(H,17,18)/t9-,14+/m1/s1. The Morgan fingerprint density at radius 2 is 2.20 bits per heavy atom. The number of halogens is 1. The first-order chi connectivity index (χ1) is 9.40. The number of carboxylic acid groups (broad SMARTS) is 1. The predicted molar refractivity (Wildman–Crippen MR) is 74.3 cm³/mol. The second kappa shape index (κ2) is 5.44. The van der Waals surface area contributed by atoms with Crippen molar-refractivity contribution in [1.82, 2.24) is 0 Å². The molecule has 0 aromatic heterocycles. The zero-order valence-electron chi connectivity index (χ0n) is 10.9. The van der Waals surface area contributed by atoms with Crippen LogP contribution in [0, 0.1) is 11.3 Å². The Labute approximate surface area is 124 Å². The summed E-state index contributed by atoms with van der Waals surface area (Å²) in [7, 11) is 0. The van der Waals surface area contributed by atoms with Crippen molar-refractivity contribution in [2.75, 3.05) is 6.61 Å². The number of aromatic hydroxyl groups is 1. The number of carbonyl (C=O) groups excluding carboxylic acids is 1. The summed E-state index contributed by atoms with van der Waals surface area (Å²) in [5.41, 5.74) is -0.190. The van der Waals surface area contributed by atoms with Crippen molar-refractivity contribution in [2.24, 2.45) is 11.3 Å². The Morgan fingerprint density at radius 3 is 2.70 bits per heavy atom. The molecule has 1 fully saturated rings. The molecule has 0 aliphatic heterocycles. The average Bonchev–Trinajstić information content (AvgIpc) is 3.10. The van der Waals surface area contributed by atoms with Gasteiger partial charge in [-0.25, -0.2) is 0 Å². The molecule has 5 nitrogen and oxygen atoms in total. The van der Waals surface area contributed by atoms with Gasteiger partial charge >= 0.3 is 11.9 Å². The van der Waals surface area contributed by atoms with Crippen LogP contribution in [-0.2, 0) is 20.7 Å². The molecule has 0 saturated heterocycles. The summed E-state index contributed by atoms with van der Waals surface area (Å²) < 4.78 is 5.53. The molecular formula is C14H15BrO5. The Bertz CT molecular complexity index is 556. The van der Waals surface area contributed by atoms with E-state index in [1.807, 2.05) is 0 Å². The van der Waals surface area contributed by atoms with E-state index in [9.17, 15) is 14.7 Å². The van der Waals surface area contributed by atoms with Crippen molar-refractivity contribution in [1.29, 1.82) is 0 Å². The number of rotatable bonds is 5. The van der Waals surface area contributed by atoms with Crippen LogP contribution >= 0.6 is 15.9 Å². The van der Waals surface area contributed by atoms with Crippen molar-refractivity contribution in [3.8, 4) is 5.75 Å². The smallest absolute Gasteiger partial charge is 0.313 e. The molecule has 1 aromatic rings. The zero-order valence-corrected chi connectivity index (χ0v) is 12.5. The van der Waals surface area contributed by atoms with Crippen LogP contribution in [0.2, 0.25) is 0 Å². The normalized spacial score (nSPS) is 24.2. The molecule has 2 rings (SSSR count). The molecule has 0 amide bonds. The highest BCUT2D eigenvalue weighted by Gasteiger charge is 2.64. The predicted octanol–water partition coefficient (Wildman–Crippen LogP) is 2.35. The van der Waals surface area contributed by atoms with Crippen LogP contribution in [0.4, 0.5) is 0 Å². The minimum Gasteiger partial charge on any atom is -0.507 e. The van der Waals surface area contributed by atoms with Crippen LogP contribution in [0.3, 0.4) is 0 Å². The lowest BCUT2D eigenvalue weighted by Crippen LogP contribution is -2.26. The van der Waals surface area contributed by atoms with Gasteiger partial charge in [0.25, 0.3) is 0 Å². The van der Waals surface area contributed by atoms with E-state index in [4.69, 9.17) is 9.84 Å². The highest BCUT2D eigenvalue weighted by molar-refractivity contribution is 9.10. The summed E-state index contributed by atoms with van der Waals surface area (Å²) in [6.45, 7) is 1.92. The van der Waals surface area contributed by atoms with E-state index in [-0.39, 0.29) is 12.4 Å². The lowest BCUT2D eigenvalue weighted by atomic mass is 9.94. The minimum atomic E-state index is -0.976. The van der Waals surface area contributed by atoms with Crippen LogP contribution in [0.5, 0.6) is 5.75 Å². The molecule has 2 N–H and O–H groups in total. The molecule has 0 unspecified atom stereocenters. The second-order valence-corrected chi connectivity index (χ2v) is 5.79. The Hall–Kier alpha value is -1.56. The molecule has 1 aliphatic rings. The maximum absolute atomic E-state index is 12.1. The molecule has 2 atom stereocenters. The molecule has 6 heteroatoms. The van der Waals surface area contributed by atoms with Gasteiger partial charge in [0, 0.05) is 0 Å². The minimum absolute atomic E-state index is 0.101. The van der Waals surface area contributed by atoms with Gasteiger partial charge in [-0.3, -0.25) is 9.59 Å². The number of hydrogen-bond acceptors (Lipinski definition) is 4. The highest BCUT2D eigenvalue weighted by atomic mass is 79.9. The number of ether oxygens (including phenoxy) is 1. The van der Waals surface area contributed by atoms with Crippen molar-refractivity contribution >= 4 is 27.9 Å². The first kappa shape index (κ1) is 14.8. The molecule has 1 aromatic carbocycles. The molecule has 108 valence electrons. The van der Waals surface area contributed by atoms with Crippen LogP contribution in [0.15, 0.2) is 22.7 Å². The summed E-state index contributed by atoms with van der Waals surface area (Å²) >= 11 is 3.20. The number of phenols is 1. The topological polar surface area (TPSA) is 83.8 Å². The van der Waals surface area contributed by atoms with E-state index in [0.717, 1.165) is 5.56 Å². The monoisotopic (exact) mass is 342 g/mol. The fourth-order valence-corrected chi connectivity index (χ4v) is 2.85. The van der Waals surface area contributed by atoms with Gasteiger partial charge in [-0.15, -0.1) is 0 Å². The first-order valence-corrected chi connectivity index (χ1v) is 7.07. The average molecular weight is 343 g/mol. The highest BCUT2D eigenvalue weighted by Crippen LogP contribution is 2.56. The van der Waals surface area contributed by atoms with Crippen LogP contribution in [0.1, 0.15) is 18.9 Å². The molecule has 0 bridgehead atoms. The Balaban J connectivity index is 2.23. The van der Waals surface area contributed by atoms with E-state index in [2.05, 4.69) is 15.9 Å². The largest absolute Gasteiger partial charge is 0.507 e. The van der Waals surface area contributed by atoms with Crippen LogP contribution in [-0.4, -0.2) is 28.8 Å². The van der Waals surface area contributed by atoms with Gasteiger partial charge < -0.3 is 14.9 Å². The number of aliphatic carboxylic acids is 1. The van der Waals surface area contributed by atoms with E-state index in [1.54, 1.807) is 19.1 Å². The van der Waals surface area contributed by atoms with Gasteiger partial charge in [0.2, 0.25) is 0 Å². The summed E-state index contributed by atoms with van der Waals surface area (Å²) in [5, 5.41) is 18.6. The summed E-state index contributed by atoms with van der Waals surface area (Å²) in [5.74, 6) is -2.04. The zero-order chi connectivity index (χ0) is 14.9. The van der Waals surface area contributed by atoms with Crippen LogP contribution in [0.25, 0.3) is 0 Å². The second-order valence-electron chi connectivity index (χ2n) is 4.93. The molecule has 0 heterocycles. The number of esters is 1. The van der Waals surface area contributed by atoms with Gasteiger partial charge in [0.1, 0.15) is 5.75 Å². The number of carbonyl (C=O) groups is 2. The number of phenolic OH excluding ortho intramolecular Hbond substituents is 1. The Morgan fingerprint density at radius 1 is 1.50 bits per heavy atom. The van der Waals surface area contributed by atoms with E-state index in [0.29, 0.717) is 17.3 Å². The third-order valence-electron chi connectivity index (χ3n) is 3.59. The lowest BCUT2D eigenvalue weighted by molar-refractivity contribution is -0.153. The van der Waals surface area contributed by atoms with Gasteiger partial charge in [0.15, 0.2) is 0 Å². The summed E-state index contributed by atoms with van der Waals surface area (Å²) in [4.78, 5) is 23.2. The quantitative estimate of drug-likeness (QED) is 0.802. The van der Waals surface area contributed by atoms with E-state index in [1.165, 1.54) is 6.07 Å². The SMILES string of the molecule is CCOC(=O)[C@@]1(Cc2ccc(O)c(Br)c2)C[C@@H]1C(=O)O. The fraction of sp³-hybridized carbons (Fsp3) is 0.429. The van der Waals surface area contributed by atoms with Crippen LogP contribution < -0.4 is 0 Å². The molecule has 0 spiro atoms. The first-order valence-electron chi connectivity index (χ1n) is 6.28. The van der Waals surface area contributed by atoms with Gasteiger partial charge in [-0.05, 0) is 53.4 Å². The van der Waals surface area contributed by atoms with Gasteiger partial charge in [-0.2, -0.15) is 0 Å². The number of carboxylic acids is 1. The van der Waals surface area contributed by atoms with Gasteiger partial charge in [0.05, 0.1) is 22.4 Å². The lowest BCUT2D eigenvalue weighted by Gasteiger charge is -2.15. The van der Waals surface area contributed by atoms with Crippen molar-refractivity contribution in [3.63, 3.8) is 0 Å². The molecule has 20 heavy (non-hydrogen) atoms. The Kier molecular flexibility index (Phi) is 4.04. The van der Waals surface area contributed by atoms with Crippen molar-refractivity contribution < 1.29 is 24.5 Å². The molecule has 1 aliphatic carbocycles. The molecule has 0 radical (unpaired) electrons. The fourth-order valence-electron chi connectivity index (χ4n) is 2.42. The molecular weight excluding hydrogens is 328 g/mol. The third-order valence-corrected chi connectivity index (χ3v) is 4.22. The maximum atomic E-state index is 12.1. The summed E-state index contributed by atoms with van der Waals surface area (Å²) in [6.07, 6.45) is 0.585. The van der Waals surface area contributed by atoms with Crippen molar-refractivity contribution in [2.45, 2.75) is 19.8 Å². The number of hydrogen-bond donors (Lipinski definition) is 2. The van der Waals surface area contributed by atoms with E-state index < -0.39 is 23.3 Å². The van der Waals surface area contributed by atoms with Crippen molar-refractivity contribution in [3.05, 3.63) is 28.2 Å². The number of benzene rings is 1.